The van der Waals surface area contributed by atoms with Crippen LogP contribution in [0.4, 0.5) is 0 Å². The third-order valence-electron chi connectivity index (χ3n) is 2.47. The Hall–Kier alpha value is -1.46. The minimum Gasteiger partial charge on any atom is -0.380 e. The number of rotatable bonds is 3. The molecule has 0 aliphatic rings. The molecule has 2 rings (SSSR count). The first-order chi connectivity index (χ1) is 8.13. The van der Waals surface area contributed by atoms with Gasteiger partial charge in [-0.1, -0.05) is 11.6 Å². The Balaban J connectivity index is 2.39. The minimum absolute atomic E-state index is 0.432. The van der Waals surface area contributed by atoms with Crippen LogP contribution in [0.1, 0.15) is 30.1 Å². The standard InChI is InChI=1S/C11H13ClN4O/c1-3-16-10(8(12)5-15-16)11(17)9-6-13-7(2)4-14-9/h4-6,11,17H,3H2,1-2H3. The average molecular weight is 253 g/mol. The Bertz CT molecular complexity index is 509. The SMILES string of the molecule is CCn1ncc(Cl)c1C(O)c1cnc(C)cn1. The van der Waals surface area contributed by atoms with Crippen molar-refractivity contribution in [3.05, 3.63) is 40.7 Å². The number of aryl methyl sites for hydroxylation is 2. The van der Waals surface area contributed by atoms with Gasteiger partial charge < -0.3 is 5.11 Å². The lowest BCUT2D eigenvalue weighted by Crippen LogP contribution is -2.11. The summed E-state index contributed by atoms with van der Waals surface area (Å²) in [6.07, 6.45) is 3.77. The van der Waals surface area contributed by atoms with Crippen LogP contribution in [0.15, 0.2) is 18.6 Å². The van der Waals surface area contributed by atoms with Gasteiger partial charge in [0.25, 0.3) is 0 Å². The highest BCUT2D eigenvalue weighted by molar-refractivity contribution is 6.31. The molecule has 0 radical (unpaired) electrons. The van der Waals surface area contributed by atoms with Gasteiger partial charge in [-0.05, 0) is 13.8 Å². The summed E-state index contributed by atoms with van der Waals surface area (Å²) >= 11 is 6.01. The van der Waals surface area contributed by atoms with Gasteiger partial charge >= 0.3 is 0 Å². The maximum atomic E-state index is 10.2. The second-order valence-electron chi connectivity index (χ2n) is 3.68. The van der Waals surface area contributed by atoms with E-state index in [0.717, 1.165) is 5.69 Å². The molecule has 0 bridgehead atoms. The van der Waals surface area contributed by atoms with Crippen molar-refractivity contribution in [3.63, 3.8) is 0 Å². The van der Waals surface area contributed by atoms with Crippen molar-refractivity contribution in [1.82, 2.24) is 19.7 Å². The smallest absolute Gasteiger partial charge is 0.140 e. The Kier molecular flexibility index (Phi) is 3.40. The molecule has 0 saturated heterocycles. The summed E-state index contributed by atoms with van der Waals surface area (Å²) in [5.41, 5.74) is 1.82. The van der Waals surface area contributed by atoms with Crippen molar-refractivity contribution in [2.45, 2.75) is 26.5 Å². The normalized spacial score (nSPS) is 12.7. The van der Waals surface area contributed by atoms with E-state index >= 15 is 0 Å². The Morgan fingerprint density at radius 1 is 1.35 bits per heavy atom. The minimum atomic E-state index is -0.905. The Morgan fingerprint density at radius 2 is 2.12 bits per heavy atom. The van der Waals surface area contributed by atoms with Gasteiger partial charge in [0.15, 0.2) is 0 Å². The van der Waals surface area contributed by atoms with Crippen molar-refractivity contribution in [3.8, 4) is 0 Å². The average Bonchev–Trinajstić information content (AvgIpc) is 2.70. The maximum absolute atomic E-state index is 10.2. The van der Waals surface area contributed by atoms with Gasteiger partial charge in [-0.15, -0.1) is 0 Å². The molecule has 0 amide bonds. The fourth-order valence-corrected chi connectivity index (χ4v) is 1.82. The van der Waals surface area contributed by atoms with E-state index in [1.165, 1.54) is 6.20 Å². The molecular formula is C11H13ClN4O. The summed E-state index contributed by atoms with van der Waals surface area (Å²) in [6, 6.07) is 0. The van der Waals surface area contributed by atoms with Crippen LogP contribution in [-0.4, -0.2) is 24.9 Å². The molecule has 2 aromatic heterocycles. The van der Waals surface area contributed by atoms with Crippen LogP contribution in [-0.2, 0) is 6.54 Å². The fraction of sp³-hybridized carbons (Fsp3) is 0.364. The van der Waals surface area contributed by atoms with E-state index in [4.69, 9.17) is 11.6 Å². The third-order valence-corrected chi connectivity index (χ3v) is 2.76. The van der Waals surface area contributed by atoms with Crippen LogP contribution in [0, 0.1) is 6.92 Å². The second-order valence-corrected chi connectivity index (χ2v) is 4.09. The maximum Gasteiger partial charge on any atom is 0.140 e. The van der Waals surface area contributed by atoms with Crippen LogP contribution in [0.25, 0.3) is 0 Å². The summed E-state index contributed by atoms with van der Waals surface area (Å²) in [4.78, 5) is 8.24. The highest BCUT2D eigenvalue weighted by Gasteiger charge is 2.20. The molecule has 1 unspecified atom stereocenters. The molecule has 2 aromatic rings. The van der Waals surface area contributed by atoms with Gasteiger partial charge in [-0.25, -0.2) is 0 Å². The lowest BCUT2D eigenvalue weighted by atomic mass is 10.2. The van der Waals surface area contributed by atoms with Crippen molar-refractivity contribution in [2.75, 3.05) is 0 Å². The highest BCUT2D eigenvalue weighted by Crippen LogP contribution is 2.26. The molecule has 0 saturated carbocycles. The van der Waals surface area contributed by atoms with E-state index < -0.39 is 6.10 Å². The van der Waals surface area contributed by atoms with E-state index in [2.05, 4.69) is 15.1 Å². The summed E-state index contributed by atoms with van der Waals surface area (Å²) in [5, 5.41) is 14.7. The molecule has 5 nitrogen and oxygen atoms in total. The van der Waals surface area contributed by atoms with Crippen LogP contribution < -0.4 is 0 Å². The van der Waals surface area contributed by atoms with E-state index in [-0.39, 0.29) is 0 Å². The number of aliphatic hydroxyl groups is 1. The number of aliphatic hydroxyl groups excluding tert-OH is 1. The van der Waals surface area contributed by atoms with Gasteiger partial charge in [-0.2, -0.15) is 5.10 Å². The molecule has 2 heterocycles. The number of halogens is 1. The monoisotopic (exact) mass is 252 g/mol. The summed E-state index contributed by atoms with van der Waals surface area (Å²) in [5.74, 6) is 0. The largest absolute Gasteiger partial charge is 0.380 e. The van der Waals surface area contributed by atoms with E-state index in [1.54, 1.807) is 17.1 Å². The molecule has 0 aliphatic carbocycles. The molecule has 1 atom stereocenters. The first-order valence-corrected chi connectivity index (χ1v) is 5.69. The van der Waals surface area contributed by atoms with E-state index in [9.17, 15) is 5.11 Å². The van der Waals surface area contributed by atoms with E-state index in [1.807, 2.05) is 13.8 Å². The molecule has 1 N–H and O–H groups in total. The predicted octanol–water partition coefficient (Wildman–Crippen LogP) is 1.74. The summed E-state index contributed by atoms with van der Waals surface area (Å²) in [7, 11) is 0. The van der Waals surface area contributed by atoms with Crippen molar-refractivity contribution in [1.29, 1.82) is 0 Å². The first-order valence-electron chi connectivity index (χ1n) is 5.31. The number of hydrogen-bond acceptors (Lipinski definition) is 4. The van der Waals surface area contributed by atoms with Gasteiger partial charge in [0, 0.05) is 12.7 Å². The predicted molar refractivity (Wildman–Crippen MR) is 63.7 cm³/mol. The van der Waals surface area contributed by atoms with E-state index in [0.29, 0.717) is 23.0 Å². The molecular weight excluding hydrogens is 240 g/mol. The van der Waals surface area contributed by atoms with Crippen LogP contribution >= 0.6 is 11.6 Å². The van der Waals surface area contributed by atoms with Crippen molar-refractivity contribution in [2.24, 2.45) is 0 Å². The second kappa shape index (κ2) is 4.81. The first kappa shape index (κ1) is 12.0. The molecule has 0 aliphatic heterocycles. The molecule has 0 aromatic carbocycles. The van der Waals surface area contributed by atoms with Gasteiger partial charge in [0.05, 0.1) is 34.5 Å². The van der Waals surface area contributed by atoms with Gasteiger partial charge in [0.1, 0.15) is 6.10 Å². The topological polar surface area (TPSA) is 63.8 Å². The lowest BCUT2D eigenvalue weighted by molar-refractivity contribution is 0.203. The van der Waals surface area contributed by atoms with Crippen LogP contribution in [0.2, 0.25) is 5.02 Å². The van der Waals surface area contributed by atoms with Gasteiger partial charge in [0.2, 0.25) is 0 Å². The zero-order valence-electron chi connectivity index (χ0n) is 9.63. The van der Waals surface area contributed by atoms with Gasteiger partial charge in [-0.3, -0.25) is 14.6 Å². The molecule has 17 heavy (non-hydrogen) atoms. The van der Waals surface area contributed by atoms with Crippen molar-refractivity contribution < 1.29 is 5.11 Å². The van der Waals surface area contributed by atoms with Crippen LogP contribution in [0.3, 0.4) is 0 Å². The van der Waals surface area contributed by atoms with Crippen LogP contribution in [0.5, 0.6) is 0 Å². The summed E-state index contributed by atoms with van der Waals surface area (Å²) in [6.45, 7) is 4.41. The lowest BCUT2D eigenvalue weighted by Gasteiger charge is -2.12. The van der Waals surface area contributed by atoms with Crippen molar-refractivity contribution >= 4 is 11.6 Å². The molecule has 6 heteroatoms. The molecule has 0 fully saturated rings. The Labute approximate surface area is 104 Å². The quantitative estimate of drug-likeness (QED) is 0.904. The summed E-state index contributed by atoms with van der Waals surface area (Å²) < 4.78 is 1.65. The number of nitrogens with zero attached hydrogens (tertiary/aromatic N) is 4. The third kappa shape index (κ3) is 2.30. The number of aromatic nitrogens is 4. The number of hydrogen-bond donors (Lipinski definition) is 1. The zero-order chi connectivity index (χ0) is 12.4. The highest BCUT2D eigenvalue weighted by atomic mass is 35.5. The Morgan fingerprint density at radius 3 is 2.71 bits per heavy atom. The molecule has 90 valence electrons. The molecule has 0 spiro atoms. The fourth-order valence-electron chi connectivity index (χ4n) is 1.58. The zero-order valence-corrected chi connectivity index (χ0v) is 10.4.